The highest BCUT2D eigenvalue weighted by molar-refractivity contribution is 7.92. The highest BCUT2D eigenvalue weighted by atomic mass is 35.5. The molecular weight excluding hydrogens is 307 g/mol. The number of hydrogen-bond acceptors (Lipinski definition) is 4. The third-order valence-electron chi connectivity index (χ3n) is 2.45. The van der Waals surface area contributed by atoms with Gasteiger partial charge in [-0.1, -0.05) is 17.7 Å². The highest BCUT2D eigenvalue weighted by Crippen LogP contribution is 2.27. The van der Waals surface area contributed by atoms with E-state index in [2.05, 4.69) is 10.0 Å². The van der Waals surface area contributed by atoms with Gasteiger partial charge in [0.05, 0.1) is 11.6 Å². The Morgan fingerprint density at radius 1 is 1.30 bits per heavy atom. The van der Waals surface area contributed by atoms with Crippen molar-refractivity contribution in [2.75, 3.05) is 11.8 Å². The fourth-order valence-electron chi connectivity index (χ4n) is 1.55. The predicted molar refractivity (Wildman–Crippen MR) is 73.7 cm³/mol. The molecule has 2 rings (SSSR count). The van der Waals surface area contributed by atoms with Crippen molar-refractivity contribution in [1.29, 1.82) is 0 Å². The van der Waals surface area contributed by atoms with Crippen LogP contribution in [0.1, 0.15) is 5.76 Å². The predicted octanol–water partition coefficient (Wildman–Crippen LogP) is 2.59. The van der Waals surface area contributed by atoms with E-state index in [4.69, 9.17) is 16.0 Å². The van der Waals surface area contributed by atoms with Crippen molar-refractivity contribution in [3.05, 3.63) is 46.9 Å². The fraction of sp³-hybridized carbons (Fsp3) is 0.167. The molecule has 0 spiro atoms. The van der Waals surface area contributed by atoms with Crippen LogP contribution in [0.15, 0.2) is 39.8 Å². The number of anilines is 1. The first-order valence-corrected chi connectivity index (χ1v) is 7.50. The van der Waals surface area contributed by atoms with E-state index in [1.807, 2.05) is 0 Å². The number of halogens is 2. The molecule has 0 aliphatic rings. The molecule has 0 unspecified atom stereocenters. The lowest BCUT2D eigenvalue weighted by Crippen LogP contribution is -2.13. The molecule has 1 heterocycles. The molecule has 0 amide bonds. The Labute approximate surface area is 120 Å². The summed E-state index contributed by atoms with van der Waals surface area (Å²) in [5.41, 5.74) is -0.305. The van der Waals surface area contributed by atoms with E-state index in [1.165, 1.54) is 24.3 Å². The molecule has 8 heteroatoms. The Balaban J connectivity index is 2.31. The first-order chi connectivity index (χ1) is 9.44. The maximum absolute atomic E-state index is 13.6. The van der Waals surface area contributed by atoms with Crippen LogP contribution in [-0.2, 0) is 16.6 Å². The molecule has 0 atom stereocenters. The van der Waals surface area contributed by atoms with Gasteiger partial charge in [-0.05, 0) is 31.3 Å². The lowest BCUT2D eigenvalue weighted by Gasteiger charge is -2.08. The van der Waals surface area contributed by atoms with Gasteiger partial charge >= 0.3 is 0 Å². The average molecular weight is 319 g/mol. The Bertz CT molecular complexity index is 695. The molecule has 2 N–H and O–H groups in total. The van der Waals surface area contributed by atoms with Crippen LogP contribution < -0.4 is 10.0 Å². The van der Waals surface area contributed by atoms with E-state index < -0.39 is 15.8 Å². The summed E-state index contributed by atoms with van der Waals surface area (Å²) in [4.78, 5) is 0. The van der Waals surface area contributed by atoms with Crippen LogP contribution in [0.5, 0.6) is 0 Å². The van der Waals surface area contributed by atoms with Gasteiger partial charge < -0.3 is 9.73 Å². The minimum absolute atomic E-state index is 0.0319. The van der Waals surface area contributed by atoms with Gasteiger partial charge in [0.25, 0.3) is 10.0 Å². The van der Waals surface area contributed by atoms with E-state index in [9.17, 15) is 12.8 Å². The van der Waals surface area contributed by atoms with Gasteiger partial charge in [-0.3, -0.25) is 4.72 Å². The lowest BCUT2D eigenvalue weighted by atomic mass is 10.3. The van der Waals surface area contributed by atoms with E-state index >= 15 is 0 Å². The number of furan rings is 1. The summed E-state index contributed by atoms with van der Waals surface area (Å²) < 4.78 is 45.0. The normalized spacial score (nSPS) is 11.6. The molecule has 20 heavy (non-hydrogen) atoms. The summed E-state index contributed by atoms with van der Waals surface area (Å²) in [7, 11) is -2.32. The molecule has 2 aromatic rings. The number of benzene rings is 1. The summed E-state index contributed by atoms with van der Waals surface area (Å²) >= 11 is 5.77. The van der Waals surface area contributed by atoms with Crippen molar-refractivity contribution in [2.24, 2.45) is 0 Å². The zero-order valence-electron chi connectivity index (χ0n) is 10.5. The fourth-order valence-corrected chi connectivity index (χ4v) is 2.86. The largest absolute Gasteiger partial charge is 0.446 e. The number of hydrogen-bond donors (Lipinski definition) is 2. The van der Waals surface area contributed by atoms with Crippen LogP contribution in [-0.4, -0.2) is 15.5 Å². The van der Waals surface area contributed by atoms with E-state index in [-0.39, 0.29) is 15.8 Å². The van der Waals surface area contributed by atoms with Gasteiger partial charge in [0, 0.05) is 0 Å². The third kappa shape index (κ3) is 3.12. The van der Waals surface area contributed by atoms with Gasteiger partial charge in [0.1, 0.15) is 17.3 Å². The monoisotopic (exact) mass is 318 g/mol. The highest BCUT2D eigenvalue weighted by Gasteiger charge is 2.21. The molecule has 1 aromatic carbocycles. The topological polar surface area (TPSA) is 71.3 Å². The maximum atomic E-state index is 13.6. The number of nitrogens with one attached hydrogen (secondary N) is 2. The third-order valence-corrected chi connectivity index (χ3v) is 3.99. The molecule has 0 radical (unpaired) electrons. The molecule has 0 fully saturated rings. The first kappa shape index (κ1) is 14.8. The summed E-state index contributed by atoms with van der Waals surface area (Å²) in [6.45, 7) is 0.385. The van der Waals surface area contributed by atoms with Crippen LogP contribution in [0.4, 0.5) is 10.1 Å². The minimum atomic E-state index is -4.02. The molecule has 108 valence electrons. The van der Waals surface area contributed by atoms with Gasteiger partial charge in [0.15, 0.2) is 0 Å². The quantitative estimate of drug-likeness (QED) is 0.889. The molecule has 0 saturated carbocycles. The standard InChI is InChI=1S/C12H12ClFN2O3S/c1-15-7-8-5-6-11(19-8)20(17,18)16-12-9(13)3-2-4-10(12)14/h2-6,15-16H,7H2,1H3. The van der Waals surface area contributed by atoms with Crippen LogP contribution >= 0.6 is 11.6 Å². The lowest BCUT2D eigenvalue weighted by molar-refractivity contribution is 0.408. The zero-order valence-corrected chi connectivity index (χ0v) is 12.1. The van der Waals surface area contributed by atoms with Crippen LogP contribution in [0, 0.1) is 5.82 Å². The molecule has 0 aliphatic heterocycles. The molecule has 1 aromatic heterocycles. The molecule has 0 saturated heterocycles. The van der Waals surface area contributed by atoms with Gasteiger partial charge in [-0.2, -0.15) is 8.42 Å². The van der Waals surface area contributed by atoms with Gasteiger partial charge in [-0.15, -0.1) is 0 Å². The Hall–Kier alpha value is -1.57. The van der Waals surface area contributed by atoms with E-state index in [1.54, 1.807) is 7.05 Å². The SMILES string of the molecule is CNCc1ccc(S(=O)(=O)Nc2c(F)cccc2Cl)o1. The van der Waals surface area contributed by atoms with Crippen molar-refractivity contribution < 1.29 is 17.2 Å². The molecule has 0 aliphatic carbocycles. The second-order valence-electron chi connectivity index (χ2n) is 3.95. The van der Waals surface area contributed by atoms with Crippen molar-refractivity contribution in [2.45, 2.75) is 11.6 Å². The summed E-state index contributed by atoms with van der Waals surface area (Å²) in [5.74, 6) is -0.310. The van der Waals surface area contributed by atoms with Crippen molar-refractivity contribution in [3.8, 4) is 0 Å². The van der Waals surface area contributed by atoms with Crippen molar-refractivity contribution in [3.63, 3.8) is 0 Å². The summed E-state index contributed by atoms with van der Waals surface area (Å²) in [6, 6.07) is 6.69. The van der Waals surface area contributed by atoms with Crippen molar-refractivity contribution in [1.82, 2.24) is 5.32 Å². The smallest absolute Gasteiger partial charge is 0.295 e. The maximum Gasteiger partial charge on any atom is 0.295 e. The second kappa shape index (κ2) is 5.82. The van der Waals surface area contributed by atoms with Crippen LogP contribution in [0.25, 0.3) is 0 Å². The van der Waals surface area contributed by atoms with Crippen LogP contribution in [0.2, 0.25) is 5.02 Å². The minimum Gasteiger partial charge on any atom is -0.446 e. The second-order valence-corrected chi connectivity index (χ2v) is 5.97. The van der Waals surface area contributed by atoms with E-state index in [0.29, 0.717) is 12.3 Å². The average Bonchev–Trinajstić information content (AvgIpc) is 2.84. The Kier molecular flexibility index (Phi) is 4.32. The number of sulfonamides is 1. The molecule has 5 nitrogen and oxygen atoms in total. The van der Waals surface area contributed by atoms with Crippen LogP contribution in [0.3, 0.4) is 0 Å². The molecular formula is C12H12ClFN2O3S. The molecule has 0 bridgehead atoms. The van der Waals surface area contributed by atoms with Gasteiger partial charge in [-0.25, -0.2) is 4.39 Å². The van der Waals surface area contributed by atoms with Gasteiger partial charge in [0.2, 0.25) is 5.09 Å². The number of para-hydroxylation sites is 1. The Morgan fingerprint density at radius 2 is 2.05 bits per heavy atom. The summed E-state index contributed by atoms with van der Waals surface area (Å²) in [5, 5.41) is 2.49. The first-order valence-electron chi connectivity index (χ1n) is 5.64. The number of rotatable bonds is 5. The summed E-state index contributed by atoms with van der Waals surface area (Å²) in [6.07, 6.45) is 0. The zero-order chi connectivity index (χ0) is 14.8. The Morgan fingerprint density at radius 3 is 2.70 bits per heavy atom. The van der Waals surface area contributed by atoms with Crippen molar-refractivity contribution >= 4 is 27.3 Å². The van der Waals surface area contributed by atoms with E-state index in [0.717, 1.165) is 6.07 Å².